The maximum atomic E-state index is 11.2. The van der Waals surface area contributed by atoms with Gasteiger partial charge in [0.15, 0.2) is 5.82 Å². The summed E-state index contributed by atoms with van der Waals surface area (Å²) in [6, 6.07) is 7.04. The molecule has 1 heterocycles. The number of benzene rings is 1. The number of nitrogens with one attached hydrogen (secondary N) is 1. The van der Waals surface area contributed by atoms with Crippen LogP contribution in [0.2, 0.25) is 5.02 Å². The van der Waals surface area contributed by atoms with E-state index < -0.39 is 6.09 Å². The molecular weight excluding hydrogens is 270 g/mol. The van der Waals surface area contributed by atoms with Gasteiger partial charge < -0.3 is 10.1 Å². The van der Waals surface area contributed by atoms with Crippen LogP contribution in [-0.2, 0) is 11.3 Å². The van der Waals surface area contributed by atoms with Crippen LogP contribution in [0, 0.1) is 0 Å². The summed E-state index contributed by atoms with van der Waals surface area (Å²) in [6.45, 7) is 2.22. The summed E-state index contributed by atoms with van der Waals surface area (Å²) in [5.74, 6) is 0.496. The Labute approximate surface area is 114 Å². The summed E-state index contributed by atoms with van der Waals surface area (Å²) in [5, 5.41) is 14.5. The lowest BCUT2D eigenvalue weighted by molar-refractivity contribution is 0.151. The van der Waals surface area contributed by atoms with E-state index >= 15 is 0 Å². The number of carbonyl (C=O) groups is 1. The first-order valence-corrected chi connectivity index (χ1v) is 6.02. The Morgan fingerprint density at radius 3 is 2.84 bits per heavy atom. The van der Waals surface area contributed by atoms with E-state index in [9.17, 15) is 4.79 Å². The van der Waals surface area contributed by atoms with E-state index in [1.807, 2.05) is 0 Å². The topological polar surface area (TPSA) is 81.9 Å². The number of hydrogen-bond acceptors (Lipinski definition) is 5. The van der Waals surface area contributed by atoms with Gasteiger partial charge in [-0.05, 0) is 41.6 Å². The molecule has 0 atom stereocenters. The largest absolute Gasteiger partial charge is 0.450 e. The highest BCUT2D eigenvalue weighted by Crippen LogP contribution is 2.13. The van der Waals surface area contributed by atoms with Crippen molar-refractivity contribution in [3.63, 3.8) is 0 Å². The second kappa shape index (κ2) is 6.14. The van der Waals surface area contributed by atoms with Crippen LogP contribution < -0.4 is 5.32 Å². The van der Waals surface area contributed by atoms with E-state index in [4.69, 9.17) is 16.3 Å². The van der Waals surface area contributed by atoms with Gasteiger partial charge in [-0.25, -0.2) is 4.79 Å². The second-order valence-electron chi connectivity index (χ2n) is 3.56. The van der Waals surface area contributed by atoms with Crippen molar-refractivity contribution < 1.29 is 9.53 Å². The highest BCUT2D eigenvalue weighted by atomic mass is 35.5. The molecule has 0 aliphatic rings. The molecule has 2 aromatic rings. The fourth-order valence-corrected chi connectivity index (χ4v) is 1.56. The van der Waals surface area contributed by atoms with E-state index in [1.165, 1.54) is 4.68 Å². The summed E-state index contributed by atoms with van der Waals surface area (Å²) in [7, 11) is 0. The number of tetrazole rings is 1. The lowest BCUT2D eigenvalue weighted by Crippen LogP contribution is -2.25. The Hall–Kier alpha value is -2.15. The first-order chi connectivity index (χ1) is 9.20. The van der Waals surface area contributed by atoms with Gasteiger partial charge >= 0.3 is 6.09 Å². The maximum absolute atomic E-state index is 11.2. The van der Waals surface area contributed by atoms with E-state index in [-0.39, 0.29) is 6.54 Å². The summed E-state index contributed by atoms with van der Waals surface area (Å²) in [5.41, 5.74) is 0.759. The van der Waals surface area contributed by atoms with Crippen LogP contribution in [0.25, 0.3) is 5.69 Å². The third kappa shape index (κ3) is 3.41. The zero-order chi connectivity index (χ0) is 13.7. The van der Waals surface area contributed by atoms with Gasteiger partial charge in [0.25, 0.3) is 0 Å². The molecule has 0 radical (unpaired) electrons. The van der Waals surface area contributed by atoms with Crippen LogP contribution in [0.15, 0.2) is 24.3 Å². The molecule has 0 saturated heterocycles. The zero-order valence-electron chi connectivity index (χ0n) is 10.2. The van der Waals surface area contributed by atoms with Crippen LogP contribution in [0.3, 0.4) is 0 Å². The summed E-state index contributed by atoms with van der Waals surface area (Å²) in [4.78, 5) is 11.2. The molecule has 0 unspecified atom stereocenters. The van der Waals surface area contributed by atoms with Gasteiger partial charge in [0.05, 0.1) is 18.8 Å². The van der Waals surface area contributed by atoms with Crippen molar-refractivity contribution in [1.82, 2.24) is 25.5 Å². The third-order valence-electron chi connectivity index (χ3n) is 2.27. The SMILES string of the molecule is CCOC(=O)NCc1nnnn1-c1ccc(Cl)cc1. The minimum absolute atomic E-state index is 0.175. The molecule has 19 heavy (non-hydrogen) atoms. The number of halogens is 1. The predicted molar refractivity (Wildman–Crippen MR) is 68.0 cm³/mol. The molecule has 0 aliphatic heterocycles. The number of aromatic nitrogens is 4. The number of amides is 1. The average Bonchev–Trinajstić information content (AvgIpc) is 2.86. The van der Waals surface area contributed by atoms with E-state index in [1.54, 1.807) is 31.2 Å². The number of carbonyl (C=O) groups excluding carboxylic acids is 1. The molecule has 0 saturated carbocycles. The Balaban J connectivity index is 2.09. The van der Waals surface area contributed by atoms with Crippen LogP contribution in [0.4, 0.5) is 4.79 Å². The maximum Gasteiger partial charge on any atom is 0.407 e. The Morgan fingerprint density at radius 1 is 1.42 bits per heavy atom. The van der Waals surface area contributed by atoms with E-state index in [2.05, 4.69) is 20.8 Å². The monoisotopic (exact) mass is 281 g/mol. The second-order valence-corrected chi connectivity index (χ2v) is 3.99. The zero-order valence-corrected chi connectivity index (χ0v) is 11.0. The first kappa shape index (κ1) is 13.3. The van der Waals surface area contributed by atoms with Gasteiger partial charge in [-0.3, -0.25) is 0 Å². The minimum atomic E-state index is -0.506. The van der Waals surface area contributed by atoms with Crippen molar-refractivity contribution in [3.8, 4) is 5.69 Å². The molecular formula is C11H12ClN5O2. The van der Waals surface area contributed by atoms with E-state index in [0.29, 0.717) is 17.5 Å². The molecule has 0 fully saturated rings. The number of nitrogens with zero attached hydrogens (tertiary/aromatic N) is 4. The van der Waals surface area contributed by atoms with Crippen molar-refractivity contribution in [2.45, 2.75) is 13.5 Å². The Morgan fingerprint density at radius 2 is 2.16 bits per heavy atom. The van der Waals surface area contributed by atoms with Crippen molar-refractivity contribution in [2.75, 3.05) is 6.61 Å². The standard InChI is InChI=1S/C11H12ClN5O2/c1-2-19-11(18)13-7-10-14-15-16-17(10)9-5-3-8(12)4-6-9/h3-6H,2,7H2,1H3,(H,13,18). The molecule has 0 spiro atoms. The number of alkyl carbamates (subject to hydrolysis) is 1. The predicted octanol–water partition coefficient (Wildman–Crippen LogP) is 1.56. The summed E-state index contributed by atoms with van der Waals surface area (Å²) < 4.78 is 6.27. The minimum Gasteiger partial charge on any atom is -0.450 e. The molecule has 7 nitrogen and oxygen atoms in total. The normalized spacial score (nSPS) is 10.2. The van der Waals surface area contributed by atoms with Gasteiger partial charge in [0.2, 0.25) is 0 Å². The van der Waals surface area contributed by atoms with Gasteiger partial charge in [-0.2, -0.15) is 4.68 Å². The molecule has 1 amide bonds. The van der Waals surface area contributed by atoms with Crippen molar-refractivity contribution in [2.24, 2.45) is 0 Å². The molecule has 0 aliphatic carbocycles. The Kier molecular flexibility index (Phi) is 4.30. The highest BCUT2D eigenvalue weighted by molar-refractivity contribution is 6.30. The van der Waals surface area contributed by atoms with Crippen LogP contribution in [0.1, 0.15) is 12.7 Å². The number of hydrogen-bond donors (Lipinski definition) is 1. The molecule has 100 valence electrons. The molecule has 0 bridgehead atoms. The van der Waals surface area contributed by atoms with Crippen molar-refractivity contribution >= 4 is 17.7 Å². The number of rotatable bonds is 4. The fourth-order valence-electron chi connectivity index (χ4n) is 1.43. The van der Waals surface area contributed by atoms with Crippen LogP contribution in [0.5, 0.6) is 0 Å². The van der Waals surface area contributed by atoms with Crippen LogP contribution >= 0.6 is 11.6 Å². The highest BCUT2D eigenvalue weighted by Gasteiger charge is 2.09. The summed E-state index contributed by atoms with van der Waals surface area (Å²) in [6.07, 6.45) is -0.506. The quantitative estimate of drug-likeness (QED) is 0.920. The average molecular weight is 282 g/mol. The van der Waals surface area contributed by atoms with Gasteiger partial charge in [-0.1, -0.05) is 11.6 Å². The molecule has 1 N–H and O–H groups in total. The summed E-state index contributed by atoms with van der Waals surface area (Å²) >= 11 is 5.82. The van der Waals surface area contributed by atoms with Gasteiger partial charge in [-0.15, -0.1) is 5.10 Å². The molecule has 8 heteroatoms. The smallest absolute Gasteiger partial charge is 0.407 e. The van der Waals surface area contributed by atoms with Gasteiger partial charge in [0, 0.05) is 5.02 Å². The molecule has 1 aromatic carbocycles. The van der Waals surface area contributed by atoms with Gasteiger partial charge in [0.1, 0.15) is 0 Å². The molecule has 2 rings (SSSR count). The Bertz CT molecular complexity index is 554. The van der Waals surface area contributed by atoms with Crippen molar-refractivity contribution in [3.05, 3.63) is 35.1 Å². The lowest BCUT2D eigenvalue weighted by atomic mass is 10.3. The molecule has 1 aromatic heterocycles. The number of ether oxygens (including phenoxy) is 1. The lowest BCUT2D eigenvalue weighted by Gasteiger charge is -2.06. The van der Waals surface area contributed by atoms with Crippen LogP contribution in [-0.4, -0.2) is 32.9 Å². The third-order valence-corrected chi connectivity index (χ3v) is 2.52. The first-order valence-electron chi connectivity index (χ1n) is 5.64. The van der Waals surface area contributed by atoms with E-state index in [0.717, 1.165) is 5.69 Å². The van der Waals surface area contributed by atoms with Crippen molar-refractivity contribution in [1.29, 1.82) is 0 Å². The fraction of sp³-hybridized carbons (Fsp3) is 0.273.